The Kier molecular flexibility index (Phi) is 14.8. The maximum atomic E-state index is 15.7. The van der Waals surface area contributed by atoms with Crippen molar-refractivity contribution in [2.45, 2.75) is 175 Å². The second-order valence-corrected chi connectivity index (χ2v) is 30.8. The molecule has 81 heavy (non-hydrogen) atoms. The lowest BCUT2D eigenvalue weighted by Crippen LogP contribution is -2.48. The SMILES string of the molecule is CC(C)Cc1cc(-c2oc3cc(O)c4c(c3c(=O)c2O)OC2CC3c5c-4cc4c6c(ccc(c56)C(SSCCCC2O)C3O)CC(C2CCC3CCCCC3(O)C2)C4CCO)c2c(c1O)Cc1cccc(c1)C1NCCCC1SSC2. The van der Waals surface area contributed by atoms with Crippen molar-refractivity contribution < 1.29 is 44.9 Å². The molecule has 4 fully saturated rings. The Morgan fingerprint density at radius 2 is 1.73 bits per heavy atom. The zero-order chi connectivity index (χ0) is 55.6. The van der Waals surface area contributed by atoms with Gasteiger partial charge in [0.15, 0.2) is 5.76 Å². The van der Waals surface area contributed by atoms with E-state index in [9.17, 15) is 35.7 Å². The van der Waals surface area contributed by atoms with E-state index in [0.29, 0.717) is 71.3 Å². The fourth-order valence-corrected chi connectivity index (χ4v) is 22.5. The molecule has 8 N–H and O–H groups in total. The number of aromatic hydroxyl groups is 3. The molecular weight excluding hydrogens is 1090 g/mol. The summed E-state index contributed by atoms with van der Waals surface area (Å²) >= 11 is 0. The van der Waals surface area contributed by atoms with Gasteiger partial charge in [-0.1, -0.05) is 106 Å². The van der Waals surface area contributed by atoms with Crippen molar-refractivity contribution >= 4 is 64.9 Å². The average Bonchev–Trinajstić information content (AvgIpc) is 2.53. The van der Waals surface area contributed by atoms with Crippen molar-refractivity contribution in [3.8, 4) is 45.4 Å². The Morgan fingerprint density at radius 3 is 2.58 bits per heavy atom. The van der Waals surface area contributed by atoms with E-state index in [2.05, 4.69) is 61.6 Å². The molecule has 6 aromatic rings. The highest BCUT2D eigenvalue weighted by Gasteiger charge is 2.50. The maximum Gasteiger partial charge on any atom is 0.238 e. The summed E-state index contributed by atoms with van der Waals surface area (Å²) in [5, 5.41) is 92.4. The topological polar surface area (TPSA) is 193 Å². The summed E-state index contributed by atoms with van der Waals surface area (Å²) in [5.74, 6) is 0.699. The molecule has 12 unspecified atom stereocenters. The van der Waals surface area contributed by atoms with E-state index in [-0.39, 0.29) is 87.5 Å². The van der Waals surface area contributed by atoms with Gasteiger partial charge >= 0.3 is 0 Å². The molecule has 12 atom stereocenters. The van der Waals surface area contributed by atoms with Gasteiger partial charge in [-0.2, -0.15) is 0 Å². The van der Waals surface area contributed by atoms with Crippen molar-refractivity contribution in [1.29, 1.82) is 0 Å². The molecule has 428 valence electrons. The number of hydrogen-bond donors (Lipinski definition) is 8. The van der Waals surface area contributed by atoms with E-state index in [0.717, 1.165) is 115 Å². The van der Waals surface area contributed by atoms with Gasteiger partial charge in [0.05, 0.1) is 28.6 Å². The van der Waals surface area contributed by atoms with Crippen LogP contribution in [0.5, 0.6) is 23.0 Å². The van der Waals surface area contributed by atoms with Gasteiger partial charge in [0.25, 0.3) is 0 Å². The number of fused-ring (bicyclic) bond motifs is 13. The first-order valence-electron chi connectivity index (χ1n) is 30.1. The third-order valence-corrected chi connectivity index (χ3v) is 26.0. The van der Waals surface area contributed by atoms with Gasteiger partial charge in [-0.3, -0.25) is 4.79 Å². The van der Waals surface area contributed by atoms with Crippen LogP contribution in [0.3, 0.4) is 0 Å². The molecule has 5 heterocycles. The third-order valence-electron chi connectivity index (χ3n) is 20.4. The Hall–Kier alpha value is -4.03. The fraction of sp³-hybridized carbons (Fsp3) is 0.530. The number of nitrogens with one attached hydrogen (secondary N) is 1. The minimum atomic E-state index is -1.000. The molecule has 0 spiro atoms. The molecular formula is C66H75NO10S4. The summed E-state index contributed by atoms with van der Waals surface area (Å²) < 4.78 is 14.1. The van der Waals surface area contributed by atoms with Crippen LogP contribution in [0, 0.1) is 23.7 Å². The minimum Gasteiger partial charge on any atom is -0.507 e. The maximum absolute atomic E-state index is 15.7. The first kappa shape index (κ1) is 54.9. The van der Waals surface area contributed by atoms with Crippen LogP contribution in [-0.4, -0.2) is 83.8 Å². The molecule has 8 aliphatic rings. The summed E-state index contributed by atoms with van der Waals surface area (Å²) in [5.41, 5.74) is 8.42. The second kappa shape index (κ2) is 21.8. The van der Waals surface area contributed by atoms with Crippen LogP contribution in [-0.2, 0) is 25.0 Å². The number of aliphatic hydroxyl groups excluding tert-OH is 3. The number of rotatable bonds is 6. The van der Waals surface area contributed by atoms with Crippen LogP contribution < -0.4 is 15.5 Å². The molecule has 0 radical (unpaired) electrons. The van der Waals surface area contributed by atoms with Gasteiger partial charge in [-0.15, -0.1) is 0 Å². The van der Waals surface area contributed by atoms with E-state index < -0.39 is 41.0 Å². The molecule has 11 nitrogen and oxygen atoms in total. The predicted molar refractivity (Wildman–Crippen MR) is 328 cm³/mol. The number of benzene rings is 5. The lowest BCUT2D eigenvalue weighted by molar-refractivity contribution is -0.100. The highest BCUT2D eigenvalue weighted by molar-refractivity contribution is 8.77. The lowest BCUT2D eigenvalue weighted by Gasteiger charge is -2.50. The van der Waals surface area contributed by atoms with Crippen LogP contribution in [0.4, 0.5) is 0 Å². The van der Waals surface area contributed by atoms with E-state index in [1.165, 1.54) is 17.2 Å². The Morgan fingerprint density at radius 1 is 0.852 bits per heavy atom. The molecule has 0 amide bonds. The summed E-state index contributed by atoms with van der Waals surface area (Å²) in [7, 11) is 6.91. The monoisotopic (exact) mass is 1170 g/mol. The highest BCUT2D eigenvalue weighted by atomic mass is 33.1. The Bertz CT molecular complexity index is 3530. The smallest absolute Gasteiger partial charge is 0.238 e. The van der Waals surface area contributed by atoms with Crippen molar-refractivity contribution in [2.75, 3.05) is 18.9 Å². The average molecular weight is 1170 g/mol. The highest BCUT2D eigenvalue weighted by Crippen LogP contribution is 2.63. The quantitative estimate of drug-likeness (QED) is 0.0734. The normalized spacial score (nSPS) is 30.7. The largest absolute Gasteiger partial charge is 0.507 e. The number of piperidine rings is 1. The van der Waals surface area contributed by atoms with E-state index in [4.69, 9.17) is 9.15 Å². The van der Waals surface area contributed by atoms with Crippen LogP contribution in [0.25, 0.3) is 44.2 Å². The standard InChI is InChI=1S/C66H75NO10S4/c1-32(2)22-37-26-44(47-31-79-80-52-12-6-19-67-58(52)35-9-5-8-33(23-35)24-43(47)59(37)71)63-62(74)61(73)57-51(77-63)29-49(70)55-45-27-42-39(17-20-68)41(36-13-15-38-10-3-4-18-66(38,75)30-36)25-34-14-16-40-56(53(34)42)54(45)46-28-50(76-64(55)57)48(69)11-7-21-78-81-65(40)60(46)72/h5,8-9,14,16,23,26-27,29,32,36,38-39,41,46,48,50,52,58,60,65,67-72,74-75H,3-4,6-7,10-13,15,17-22,24-25,28,30-31H2,1-2H3. The van der Waals surface area contributed by atoms with Crippen LogP contribution in [0.2, 0.25) is 0 Å². The van der Waals surface area contributed by atoms with Crippen molar-refractivity contribution in [3.05, 3.63) is 115 Å². The number of hydrogen-bond acceptors (Lipinski definition) is 15. The summed E-state index contributed by atoms with van der Waals surface area (Å²) in [6.45, 7) is 5.10. The molecule has 15 heteroatoms. The predicted octanol–water partition coefficient (Wildman–Crippen LogP) is 13.4. The molecule has 14 rings (SSSR count). The Labute approximate surface area is 489 Å². The van der Waals surface area contributed by atoms with Crippen molar-refractivity contribution in [3.63, 3.8) is 0 Å². The first-order valence-corrected chi connectivity index (χ1v) is 34.8. The summed E-state index contributed by atoms with van der Waals surface area (Å²) in [6.07, 6.45) is 9.68. The van der Waals surface area contributed by atoms with Gasteiger partial charge in [-0.05, 0) is 193 Å². The van der Waals surface area contributed by atoms with Crippen LogP contribution in [0.1, 0.15) is 171 Å². The van der Waals surface area contributed by atoms with E-state index >= 15 is 4.79 Å². The van der Waals surface area contributed by atoms with Crippen LogP contribution in [0.15, 0.2) is 63.8 Å². The molecule has 2 saturated heterocycles. The van der Waals surface area contributed by atoms with Gasteiger partial charge in [0.1, 0.15) is 34.3 Å². The molecule has 4 aliphatic heterocycles. The molecule has 2 saturated carbocycles. The van der Waals surface area contributed by atoms with Crippen molar-refractivity contribution in [2.24, 2.45) is 23.7 Å². The minimum absolute atomic E-state index is 0.00296. The number of phenolic OH excluding ortho intramolecular Hbond substituents is 2. The van der Waals surface area contributed by atoms with Crippen molar-refractivity contribution in [1.82, 2.24) is 5.32 Å². The Balaban J connectivity index is 0.987. The third kappa shape index (κ3) is 9.34. The molecule has 5 bridgehead atoms. The zero-order valence-electron chi connectivity index (χ0n) is 46.3. The zero-order valence-corrected chi connectivity index (χ0v) is 49.5. The number of aliphatic hydroxyl groups is 4. The molecule has 5 aromatic carbocycles. The first-order chi connectivity index (χ1) is 39.3. The van der Waals surface area contributed by atoms with Gasteiger partial charge in [0, 0.05) is 58.9 Å². The van der Waals surface area contributed by atoms with Gasteiger partial charge < -0.3 is 50.2 Å². The molecule has 4 aliphatic carbocycles. The lowest BCUT2D eigenvalue weighted by atomic mass is 9.57. The van der Waals surface area contributed by atoms with Crippen LogP contribution >= 0.6 is 43.2 Å². The number of ether oxygens (including phenoxy) is 1. The second-order valence-electron chi connectivity index (χ2n) is 25.6. The fourth-order valence-electron chi connectivity index (χ4n) is 16.6. The molecule has 1 aromatic heterocycles. The number of phenols is 2. The van der Waals surface area contributed by atoms with E-state index in [1.807, 2.05) is 16.9 Å². The summed E-state index contributed by atoms with van der Waals surface area (Å²) in [4.78, 5) is 15.7. The van der Waals surface area contributed by atoms with Gasteiger partial charge in [-0.25, -0.2) is 0 Å². The van der Waals surface area contributed by atoms with Gasteiger partial charge in [0.2, 0.25) is 11.2 Å². The van der Waals surface area contributed by atoms with E-state index in [1.54, 1.807) is 32.4 Å². The summed E-state index contributed by atoms with van der Waals surface area (Å²) in [6, 6.07) is 18.7.